The van der Waals surface area contributed by atoms with Crippen molar-refractivity contribution < 1.29 is 77.7 Å². The van der Waals surface area contributed by atoms with Crippen LogP contribution in [0.4, 0.5) is 4.79 Å². The maximum absolute atomic E-state index is 13.9. The number of hydrogen-bond donors (Lipinski definition) is 6. The zero-order valence-corrected chi connectivity index (χ0v) is 30.3. The molecule has 2 aromatic carbocycles. The lowest BCUT2D eigenvalue weighted by Crippen LogP contribution is -2.44. The van der Waals surface area contributed by atoms with Gasteiger partial charge in [-0.2, -0.15) is 0 Å². The Kier molecular flexibility index (Phi) is 11.7. The van der Waals surface area contributed by atoms with Gasteiger partial charge in [-0.05, 0) is 39.7 Å². The molecule has 6 N–H and O–H groups in total. The predicted octanol–water partition coefficient (Wildman–Crippen LogP) is 2.63. The predicted molar refractivity (Wildman–Crippen MR) is 184 cm³/mol. The minimum absolute atomic E-state index is 0.0525. The largest absolute Gasteiger partial charge is 0.507 e. The maximum Gasteiger partial charge on any atom is 0.408 e. The molecule has 18 nitrogen and oxygen atoms in total. The van der Waals surface area contributed by atoms with Gasteiger partial charge in [-0.3, -0.25) is 28.8 Å². The summed E-state index contributed by atoms with van der Waals surface area (Å²) in [7, 11) is 1.30. The molecule has 2 aromatic rings. The molecule has 55 heavy (non-hydrogen) atoms. The van der Waals surface area contributed by atoms with Gasteiger partial charge >= 0.3 is 18.0 Å². The molecule has 0 saturated carbocycles. The fourth-order valence-electron chi connectivity index (χ4n) is 6.50. The molecule has 2 aliphatic carbocycles. The number of carbonyl (C=O) groups excluding carboxylic acids is 6. The number of rotatable bonds is 12. The number of ketones is 3. The molecular formula is C37H40N2O16. The Morgan fingerprint density at radius 3 is 2.33 bits per heavy atom. The fourth-order valence-corrected chi connectivity index (χ4v) is 6.50. The number of Topliss-reactive ketones (excluding diaryl/α,β-unsaturated/α-hetero) is 1. The number of carboxylic acid groups (broad SMARTS) is 1. The van der Waals surface area contributed by atoms with Gasteiger partial charge in [-0.15, -0.1) is 0 Å². The summed E-state index contributed by atoms with van der Waals surface area (Å²) in [6.45, 7) is 3.50. The van der Waals surface area contributed by atoms with Crippen LogP contribution in [0.1, 0.15) is 95.5 Å². The number of hydrogen-bond acceptors (Lipinski definition) is 15. The minimum atomic E-state index is -1.33. The van der Waals surface area contributed by atoms with E-state index in [1.165, 1.54) is 25.3 Å². The first-order valence-corrected chi connectivity index (χ1v) is 17.1. The summed E-state index contributed by atoms with van der Waals surface area (Å²) in [4.78, 5) is 88.6. The van der Waals surface area contributed by atoms with Crippen molar-refractivity contribution in [2.75, 3.05) is 20.3 Å². The number of aromatic hydroxyl groups is 2. The van der Waals surface area contributed by atoms with E-state index >= 15 is 0 Å². The molecule has 1 aliphatic heterocycles. The highest BCUT2D eigenvalue weighted by atomic mass is 16.7. The van der Waals surface area contributed by atoms with E-state index in [0.29, 0.717) is 0 Å². The number of methoxy groups -OCH3 is 1. The SMILES string of the molecule is COc1cccc2c1C(=O)c1c(O)c3c(c(O)c1C2=O)C[C@@H](C(=O)COC(=O)CNC(=O)CCC(=O)O)C[C@@H]3OC1CC(NC(=O)OC(C)(C)C)C(O)=CO1. The van der Waals surface area contributed by atoms with E-state index in [-0.39, 0.29) is 59.4 Å². The quantitative estimate of drug-likeness (QED) is 0.114. The van der Waals surface area contributed by atoms with Crippen molar-refractivity contribution in [1.29, 1.82) is 0 Å². The van der Waals surface area contributed by atoms with Gasteiger partial charge in [0.15, 0.2) is 11.6 Å². The summed E-state index contributed by atoms with van der Waals surface area (Å²) in [6, 6.07) is 3.24. The molecule has 1 heterocycles. The molecule has 5 rings (SSSR count). The number of aliphatic hydroxyl groups excluding tert-OH is 1. The van der Waals surface area contributed by atoms with Gasteiger partial charge in [0.05, 0.1) is 42.4 Å². The highest BCUT2D eigenvalue weighted by molar-refractivity contribution is 6.31. The number of benzene rings is 2. The van der Waals surface area contributed by atoms with Crippen LogP contribution < -0.4 is 15.4 Å². The molecule has 2 amide bonds. The van der Waals surface area contributed by atoms with E-state index in [9.17, 15) is 48.9 Å². The second-order valence-corrected chi connectivity index (χ2v) is 14.0. The number of fused-ring (bicyclic) bond motifs is 3. The molecule has 0 spiro atoms. The average Bonchev–Trinajstić information content (AvgIpc) is 3.12. The van der Waals surface area contributed by atoms with Gasteiger partial charge < -0.3 is 54.7 Å². The number of amides is 2. The van der Waals surface area contributed by atoms with Crippen molar-refractivity contribution in [1.82, 2.24) is 10.6 Å². The number of esters is 1. The molecule has 0 radical (unpaired) electrons. The van der Waals surface area contributed by atoms with Crippen LogP contribution in [0.3, 0.4) is 0 Å². The summed E-state index contributed by atoms with van der Waals surface area (Å²) in [6.07, 6.45) is -4.10. The molecule has 0 aromatic heterocycles. The van der Waals surface area contributed by atoms with Crippen LogP contribution in [-0.2, 0) is 44.5 Å². The number of alkyl carbamates (subject to hydrolysis) is 1. The normalized spacial score (nSPS) is 20.0. The second kappa shape index (κ2) is 16.1. The van der Waals surface area contributed by atoms with E-state index in [0.717, 1.165) is 6.26 Å². The number of ether oxygens (including phenoxy) is 5. The Labute approximate surface area is 313 Å². The van der Waals surface area contributed by atoms with Crippen LogP contribution in [0.2, 0.25) is 0 Å². The van der Waals surface area contributed by atoms with Crippen LogP contribution in [0.5, 0.6) is 17.2 Å². The van der Waals surface area contributed by atoms with E-state index in [4.69, 9.17) is 28.8 Å². The lowest BCUT2D eigenvalue weighted by atomic mass is 9.73. The van der Waals surface area contributed by atoms with Crippen molar-refractivity contribution in [3.05, 3.63) is 63.6 Å². The number of nitrogens with one attached hydrogen (secondary N) is 2. The van der Waals surface area contributed by atoms with Gasteiger partial charge in [-0.1, -0.05) is 12.1 Å². The van der Waals surface area contributed by atoms with Gasteiger partial charge in [0.1, 0.15) is 48.0 Å². The standard InChI is InChI=1S/C37H40N2O16/c1-37(2,3)55-36(50)39-19-12-27(53-15-21(19)41)54-23-11-16(20(40)14-52-26(45)13-38-24(42)8-9-25(43)44)10-18-29(23)35(49)31-30(33(18)47)32(46)17-6-5-7-22(51-4)28(17)34(31)48/h5-7,15-16,19,23,27,41,47,49H,8-14H2,1-4H3,(H,38,42)(H,39,50)(H,43,44)/t16-,19?,23+,27?/m1/s1. The third-order valence-electron chi connectivity index (χ3n) is 8.99. The second-order valence-electron chi connectivity index (χ2n) is 14.0. The summed E-state index contributed by atoms with van der Waals surface area (Å²) < 4.78 is 27.4. The van der Waals surface area contributed by atoms with Gasteiger partial charge in [0, 0.05) is 35.4 Å². The van der Waals surface area contributed by atoms with Gasteiger partial charge in [0.25, 0.3) is 0 Å². The Hall–Kier alpha value is -6.17. The summed E-state index contributed by atoms with van der Waals surface area (Å²) in [5.74, 6) is -8.00. The number of carboxylic acids is 1. The number of carbonyl (C=O) groups is 7. The van der Waals surface area contributed by atoms with Gasteiger partial charge in [-0.25, -0.2) is 4.79 Å². The monoisotopic (exact) mass is 768 g/mol. The zero-order valence-electron chi connectivity index (χ0n) is 30.3. The third kappa shape index (κ3) is 8.80. The van der Waals surface area contributed by atoms with E-state index in [1.54, 1.807) is 20.8 Å². The fraction of sp³-hybridized carbons (Fsp3) is 0.432. The summed E-state index contributed by atoms with van der Waals surface area (Å²) >= 11 is 0. The van der Waals surface area contributed by atoms with E-state index < -0.39 is 113 Å². The number of aliphatic hydroxyl groups is 1. The van der Waals surface area contributed by atoms with Crippen LogP contribution in [0.15, 0.2) is 30.2 Å². The molecule has 2 unspecified atom stereocenters. The minimum Gasteiger partial charge on any atom is -0.507 e. The first-order valence-electron chi connectivity index (χ1n) is 17.1. The van der Waals surface area contributed by atoms with Crippen molar-refractivity contribution in [2.45, 2.75) is 76.9 Å². The molecule has 0 saturated heterocycles. The summed E-state index contributed by atoms with van der Waals surface area (Å²) in [5.41, 5.74) is -2.32. The van der Waals surface area contributed by atoms with Gasteiger partial charge in [0.2, 0.25) is 18.0 Å². The lowest BCUT2D eigenvalue weighted by molar-refractivity contribution is -0.167. The van der Waals surface area contributed by atoms with Crippen molar-refractivity contribution in [3.8, 4) is 17.2 Å². The van der Waals surface area contributed by atoms with Crippen molar-refractivity contribution in [3.63, 3.8) is 0 Å². The van der Waals surface area contributed by atoms with Crippen molar-refractivity contribution in [2.24, 2.45) is 5.92 Å². The third-order valence-corrected chi connectivity index (χ3v) is 8.99. The smallest absolute Gasteiger partial charge is 0.408 e. The molecule has 0 bridgehead atoms. The number of phenols is 2. The Bertz CT molecular complexity index is 1980. The van der Waals surface area contributed by atoms with Crippen LogP contribution in [0.25, 0.3) is 0 Å². The molecular weight excluding hydrogens is 728 g/mol. The molecule has 294 valence electrons. The Balaban J connectivity index is 1.45. The lowest BCUT2D eigenvalue weighted by Gasteiger charge is -2.37. The topological polar surface area (TPSA) is 271 Å². The molecule has 3 aliphatic rings. The highest BCUT2D eigenvalue weighted by Gasteiger charge is 2.45. The Morgan fingerprint density at radius 1 is 0.945 bits per heavy atom. The number of aliphatic carboxylic acids is 1. The molecule has 18 heteroatoms. The molecule has 0 fully saturated rings. The van der Waals surface area contributed by atoms with E-state index in [2.05, 4.69) is 10.6 Å². The first-order chi connectivity index (χ1) is 25.9. The maximum atomic E-state index is 13.9. The van der Waals surface area contributed by atoms with Crippen LogP contribution in [0, 0.1) is 5.92 Å². The van der Waals surface area contributed by atoms with E-state index in [1.807, 2.05) is 0 Å². The van der Waals surface area contributed by atoms with Crippen LogP contribution in [-0.4, -0.2) is 99.9 Å². The Morgan fingerprint density at radius 2 is 1.65 bits per heavy atom. The molecule has 4 atom stereocenters. The highest BCUT2D eigenvalue weighted by Crippen LogP contribution is 2.51. The number of phenolic OH excluding ortho intramolecular Hbond substituents is 2. The average molecular weight is 769 g/mol. The first kappa shape index (κ1) is 40.0. The van der Waals surface area contributed by atoms with Crippen LogP contribution >= 0.6 is 0 Å². The summed E-state index contributed by atoms with van der Waals surface area (Å²) in [5, 5.41) is 47.3. The van der Waals surface area contributed by atoms with Crippen molar-refractivity contribution >= 4 is 41.3 Å². The zero-order chi connectivity index (χ0) is 40.4.